The molecule has 1 aromatic rings. The molecule has 1 aliphatic rings. The van der Waals surface area contributed by atoms with Gasteiger partial charge in [0, 0.05) is 13.1 Å². The van der Waals surface area contributed by atoms with E-state index in [2.05, 4.69) is 9.64 Å². The first-order valence-electron chi connectivity index (χ1n) is 5.06. The van der Waals surface area contributed by atoms with Crippen molar-refractivity contribution in [2.45, 2.75) is 19.5 Å². The Balaban J connectivity index is 2.20. The third-order valence-electron chi connectivity index (χ3n) is 2.53. The van der Waals surface area contributed by atoms with Gasteiger partial charge >= 0.3 is 6.61 Å². The molecule has 1 fully saturated rings. The lowest BCUT2D eigenvalue weighted by atomic mass is 10.2. The first kappa shape index (κ1) is 10.2. The van der Waals surface area contributed by atoms with Crippen molar-refractivity contribution in [1.82, 2.24) is 0 Å². The molecule has 0 radical (unpaired) electrons. The highest BCUT2D eigenvalue weighted by Gasteiger charge is 2.17. The summed E-state index contributed by atoms with van der Waals surface area (Å²) in [4.78, 5) is 2.08. The average Bonchev–Trinajstić information content (AvgIpc) is 2.70. The average molecular weight is 213 g/mol. The van der Waals surface area contributed by atoms with E-state index < -0.39 is 6.61 Å². The fourth-order valence-electron chi connectivity index (χ4n) is 1.87. The number of rotatable bonds is 3. The van der Waals surface area contributed by atoms with E-state index in [1.807, 2.05) is 12.1 Å². The van der Waals surface area contributed by atoms with E-state index in [1.165, 1.54) is 0 Å². The number of anilines is 1. The van der Waals surface area contributed by atoms with Crippen LogP contribution in [0.1, 0.15) is 12.8 Å². The fraction of sp³-hybridized carbons (Fsp3) is 0.455. The van der Waals surface area contributed by atoms with Gasteiger partial charge in [0.2, 0.25) is 0 Å². The minimum Gasteiger partial charge on any atom is -0.433 e. The summed E-state index contributed by atoms with van der Waals surface area (Å²) >= 11 is 0. The van der Waals surface area contributed by atoms with Crippen LogP contribution in [0.3, 0.4) is 0 Å². The molecule has 82 valence electrons. The maximum absolute atomic E-state index is 12.1. The van der Waals surface area contributed by atoms with Crippen LogP contribution in [-0.4, -0.2) is 19.7 Å². The highest BCUT2D eigenvalue weighted by atomic mass is 19.3. The zero-order valence-corrected chi connectivity index (χ0v) is 8.33. The number of benzene rings is 1. The number of para-hydroxylation sites is 2. The zero-order valence-electron chi connectivity index (χ0n) is 8.33. The molecule has 1 aliphatic heterocycles. The molecule has 0 amide bonds. The molecular weight excluding hydrogens is 200 g/mol. The Hall–Kier alpha value is -1.32. The number of hydrogen-bond acceptors (Lipinski definition) is 2. The Morgan fingerprint density at radius 3 is 2.47 bits per heavy atom. The van der Waals surface area contributed by atoms with E-state index in [-0.39, 0.29) is 5.75 Å². The smallest absolute Gasteiger partial charge is 0.387 e. The number of ether oxygens (including phenoxy) is 1. The third kappa shape index (κ3) is 2.37. The van der Waals surface area contributed by atoms with Crippen LogP contribution in [0.25, 0.3) is 0 Å². The molecule has 0 atom stereocenters. The molecule has 0 aromatic heterocycles. The number of alkyl halides is 2. The van der Waals surface area contributed by atoms with Crippen molar-refractivity contribution >= 4 is 5.69 Å². The van der Waals surface area contributed by atoms with Crippen LogP contribution in [0.15, 0.2) is 24.3 Å². The van der Waals surface area contributed by atoms with Crippen molar-refractivity contribution < 1.29 is 13.5 Å². The minimum atomic E-state index is -2.76. The predicted molar refractivity (Wildman–Crippen MR) is 54.5 cm³/mol. The fourth-order valence-corrected chi connectivity index (χ4v) is 1.87. The first-order chi connectivity index (χ1) is 7.27. The van der Waals surface area contributed by atoms with E-state index in [0.29, 0.717) is 0 Å². The van der Waals surface area contributed by atoms with E-state index in [4.69, 9.17) is 0 Å². The summed E-state index contributed by atoms with van der Waals surface area (Å²) in [5, 5.41) is 0. The Labute approximate surface area is 87.5 Å². The Kier molecular flexibility index (Phi) is 3.04. The van der Waals surface area contributed by atoms with Gasteiger partial charge in [-0.1, -0.05) is 12.1 Å². The molecule has 0 bridgehead atoms. The summed E-state index contributed by atoms with van der Waals surface area (Å²) in [7, 11) is 0. The standard InChI is InChI=1S/C11H13F2NO/c12-11(13)15-10-6-2-1-5-9(10)14-7-3-4-8-14/h1-2,5-6,11H,3-4,7-8H2. The highest BCUT2D eigenvalue weighted by molar-refractivity contribution is 5.58. The number of hydrogen-bond donors (Lipinski definition) is 0. The Morgan fingerprint density at radius 1 is 1.13 bits per heavy atom. The summed E-state index contributed by atoms with van der Waals surface area (Å²) in [5.41, 5.74) is 0.773. The maximum atomic E-state index is 12.1. The molecule has 0 N–H and O–H groups in total. The summed E-state index contributed by atoms with van der Waals surface area (Å²) in [6, 6.07) is 6.95. The molecule has 1 aromatic carbocycles. The van der Waals surface area contributed by atoms with Gasteiger partial charge in [0.1, 0.15) is 5.75 Å². The second-order valence-electron chi connectivity index (χ2n) is 3.54. The largest absolute Gasteiger partial charge is 0.433 e. The SMILES string of the molecule is FC(F)Oc1ccccc1N1CCCC1. The van der Waals surface area contributed by atoms with E-state index in [0.717, 1.165) is 31.6 Å². The van der Waals surface area contributed by atoms with Gasteiger partial charge in [0.15, 0.2) is 0 Å². The molecular formula is C11H13F2NO. The van der Waals surface area contributed by atoms with Gasteiger partial charge in [0.25, 0.3) is 0 Å². The van der Waals surface area contributed by atoms with Gasteiger partial charge in [-0.25, -0.2) is 0 Å². The van der Waals surface area contributed by atoms with Crippen LogP contribution in [0.5, 0.6) is 5.75 Å². The lowest BCUT2D eigenvalue weighted by Gasteiger charge is -2.20. The summed E-state index contributed by atoms with van der Waals surface area (Å²) in [5.74, 6) is 0.273. The molecule has 0 spiro atoms. The van der Waals surface area contributed by atoms with E-state index in [1.54, 1.807) is 12.1 Å². The summed E-state index contributed by atoms with van der Waals surface area (Å²) in [6.07, 6.45) is 2.23. The second kappa shape index (κ2) is 4.47. The predicted octanol–water partition coefficient (Wildman–Crippen LogP) is 2.89. The van der Waals surface area contributed by atoms with Gasteiger partial charge in [-0.3, -0.25) is 0 Å². The van der Waals surface area contributed by atoms with Crippen LogP contribution >= 0.6 is 0 Å². The van der Waals surface area contributed by atoms with Crippen LogP contribution < -0.4 is 9.64 Å². The lowest BCUT2D eigenvalue weighted by molar-refractivity contribution is -0.0495. The lowest BCUT2D eigenvalue weighted by Crippen LogP contribution is -2.19. The summed E-state index contributed by atoms with van der Waals surface area (Å²) in [6.45, 7) is -0.915. The number of nitrogens with zero attached hydrogens (tertiary/aromatic N) is 1. The van der Waals surface area contributed by atoms with Crippen molar-refractivity contribution in [3.63, 3.8) is 0 Å². The molecule has 4 heteroatoms. The maximum Gasteiger partial charge on any atom is 0.387 e. The molecule has 2 nitrogen and oxygen atoms in total. The van der Waals surface area contributed by atoms with E-state index in [9.17, 15) is 8.78 Å². The van der Waals surface area contributed by atoms with Gasteiger partial charge < -0.3 is 9.64 Å². The van der Waals surface area contributed by atoms with Crippen molar-refractivity contribution in [3.8, 4) is 5.75 Å². The van der Waals surface area contributed by atoms with Crippen LogP contribution in [0, 0.1) is 0 Å². The van der Waals surface area contributed by atoms with Crippen molar-refractivity contribution in [3.05, 3.63) is 24.3 Å². The molecule has 2 rings (SSSR count). The Bertz CT molecular complexity index is 324. The monoisotopic (exact) mass is 213 g/mol. The topological polar surface area (TPSA) is 12.5 Å². The van der Waals surface area contributed by atoms with Gasteiger partial charge in [0.05, 0.1) is 5.69 Å². The van der Waals surface area contributed by atoms with Crippen molar-refractivity contribution in [1.29, 1.82) is 0 Å². The molecule has 0 aliphatic carbocycles. The van der Waals surface area contributed by atoms with E-state index >= 15 is 0 Å². The van der Waals surface area contributed by atoms with Gasteiger partial charge in [-0.15, -0.1) is 0 Å². The van der Waals surface area contributed by atoms with Gasteiger partial charge in [-0.2, -0.15) is 8.78 Å². The molecule has 1 saturated heterocycles. The second-order valence-corrected chi connectivity index (χ2v) is 3.54. The Morgan fingerprint density at radius 2 is 1.80 bits per heavy atom. The highest BCUT2D eigenvalue weighted by Crippen LogP contribution is 2.31. The summed E-state index contributed by atoms with van der Waals surface area (Å²) < 4.78 is 28.8. The van der Waals surface area contributed by atoms with Crippen LogP contribution in [0.2, 0.25) is 0 Å². The van der Waals surface area contributed by atoms with Crippen molar-refractivity contribution in [2.75, 3.05) is 18.0 Å². The van der Waals surface area contributed by atoms with Crippen LogP contribution in [0.4, 0.5) is 14.5 Å². The van der Waals surface area contributed by atoms with Crippen LogP contribution in [-0.2, 0) is 0 Å². The number of halogens is 2. The molecule has 1 heterocycles. The third-order valence-corrected chi connectivity index (χ3v) is 2.53. The molecule has 15 heavy (non-hydrogen) atoms. The molecule has 0 unspecified atom stereocenters. The van der Waals surface area contributed by atoms with Gasteiger partial charge in [-0.05, 0) is 25.0 Å². The first-order valence-corrected chi connectivity index (χ1v) is 5.06. The molecule has 0 saturated carbocycles. The normalized spacial score (nSPS) is 16.1. The zero-order chi connectivity index (χ0) is 10.7. The minimum absolute atomic E-state index is 0.273. The quantitative estimate of drug-likeness (QED) is 0.765. The van der Waals surface area contributed by atoms with Crippen molar-refractivity contribution in [2.24, 2.45) is 0 Å².